The Morgan fingerprint density at radius 1 is 0.944 bits per heavy atom. The van der Waals surface area contributed by atoms with Gasteiger partial charge in [0.1, 0.15) is 12.7 Å². The number of ketones is 1. The highest BCUT2D eigenvalue weighted by molar-refractivity contribution is 5.94. The fourth-order valence-electron chi connectivity index (χ4n) is 6.42. The molecular weight excluding hydrogens is 450 g/mol. The first-order chi connectivity index (χ1) is 17.6. The molecule has 1 aromatic carbocycles. The summed E-state index contributed by atoms with van der Waals surface area (Å²) in [6.07, 6.45) is 18.7. The highest BCUT2D eigenvalue weighted by Gasteiger charge is 2.33. The third-order valence-corrected chi connectivity index (χ3v) is 8.70. The van der Waals surface area contributed by atoms with E-state index in [1.807, 2.05) is 12.1 Å². The van der Waals surface area contributed by atoms with Gasteiger partial charge in [-0.15, -0.1) is 0 Å². The Labute approximate surface area is 217 Å². The van der Waals surface area contributed by atoms with Crippen LogP contribution in [0.1, 0.15) is 94.6 Å². The van der Waals surface area contributed by atoms with Crippen LogP contribution in [-0.2, 0) is 20.9 Å². The van der Waals surface area contributed by atoms with Crippen LogP contribution in [0.15, 0.2) is 30.3 Å². The van der Waals surface area contributed by atoms with Gasteiger partial charge in [-0.05, 0) is 106 Å². The van der Waals surface area contributed by atoms with Crippen molar-refractivity contribution in [3.63, 3.8) is 0 Å². The standard InChI is InChI=1S/C31H45NO4/c33-23-28(34)16-14-24-10-12-26(13-11-24)22-32-20-18-25(19-21-32)15-17-30(27-6-2-1-3-7-27)31(35)36-29-8-4-5-9-29/h10-14,16,25,27,29-30,33H,1-9,15,17-23H2/b16-14+/t30-/m0/s1. The number of benzene rings is 1. The van der Waals surface area contributed by atoms with Crippen molar-refractivity contribution in [2.45, 2.75) is 96.1 Å². The second kappa shape index (κ2) is 14.1. The first-order valence-corrected chi connectivity index (χ1v) is 14.4. The van der Waals surface area contributed by atoms with E-state index in [9.17, 15) is 9.59 Å². The van der Waals surface area contributed by atoms with Crippen LogP contribution in [0.4, 0.5) is 0 Å². The molecule has 2 saturated carbocycles. The number of aliphatic hydroxyl groups is 1. The molecule has 198 valence electrons. The molecule has 0 aromatic heterocycles. The van der Waals surface area contributed by atoms with Crippen molar-refractivity contribution < 1.29 is 19.4 Å². The number of hydrogen-bond acceptors (Lipinski definition) is 5. The second-order valence-electron chi connectivity index (χ2n) is 11.3. The van der Waals surface area contributed by atoms with E-state index in [2.05, 4.69) is 17.0 Å². The Morgan fingerprint density at radius 2 is 1.61 bits per heavy atom. The molecule has 0 spiro atoms. The summed E-state index contributed by atoms with van der Waals surface area (Å²) in [5.74, 6) is 1.20. The Balaban J connectivity index is 1.22. The minimum absolute atomic E-state index is 0.115. The molecule has 4 rings (SSSR count). The minimum Gasteiger partial charge on any atom is -0.462 e. The zero-order chi connectivity index (χ0) is 25.2. The van der Waals surface area contributed by atoms with E-state index in [0.29, 0.717) is 11.8 Å². The molecule has 36 heavy (non-hydrogen) atoms. The lowest BCUT2D eigenvalue weighted by atomic mass is 9.76. The van der Waals surface area contributed by atoms with Crippen molar-refractivity contribution in [3.8, 4) is 0 Å². The lowest BCUT2D eigenvalue weighted by molar-refractivity contribution is -0.156. The number of piperidine rings is 1. The quantitative estimate of drug-likeness (QED) is 0.304. The number of esters is 1. The van der Waals surface area contributed by atoms with Crippen molar-refractivity contribution >= 4 is 17.8 Å². The number of hydrogen-bond donors (Lipinski definition) is 1. The predicted octanol–water partition coefficient (Wildman–Crippen LogP) is 5.94. The van der Waals surface area contributed by atoms with E-state index >= 15 is 0 Å². The molecule has 0 unspecified atom stereocenters. The van der Waals surface area contributed by atoms with Gasteiger partial charge in [0.25, 0.3) is 0 Å². The first kappa shape index (κ1) is 27.1. The maximum atomic E-state index is 13.2. The number of carbonyl (C=O) groups excluding carboxylic acids is 2. The molecule has 1 saturated heterocycles. The van der Waals surface area contributed by atoms with E-state index in [4.69, 9.17) is 9.84 Å². The number of rotatable bonds is 11. The summed E-state index contributed by atoms with van der Waals surface area (Å²) in [5, 5.41) is 8.83. The zero-order valence-corrected chi connectivity index (χ0v) is 21.9. The highest BCUT2D eigenvalue weighted by Crippen LogP contribution is 2.36. The average Bonchev–Trinajstić information content (AvgIpc) is 3.43. The third-order valence-electron chi connectivity index (χ3n) is 8.70. The Morgan fingerprint density at radius 3 is 2.28 bits per heavy atom. The van der Waals surface area contributed by atoms with Gasteiger partial charge in [-0.25, -0.2) is 0 Å². The van der Waals surface area contributed by atoms with Crippen LogP contribution in [0.2, 0.25) is 0 Å². The van der Waals surface area contributed by atoms with Crippen molar-refractivity contribution in [3.05, 3.63) is 41.5 Å². The number of aliphatic hydroxyl groups excluding tert-OH is 1. The average molecular weight is 496 g/mol. The Kier molecular flexibility index (Phi) is 10.6. The number of nitrogens with zero attached hydrogens (tertiary/aromatic N) is 1. The number of likely N-dealkylation sites (tertiary alicyclic amines) is 1. The molecular formula is C31H45NO4. The molecule has 3 aliphatic rings. The van der Waals surface area contributed by atoms with Crippen LogP contribution in [0.3, 0.4) is 0 Å². The molecule has 0 amide bonds. The summed E-state index contributed by atoms with van der Waals surface area (Å²) in [6, 6.07) is 8.30. The summed E-state index contributed by atoms with van der Waals surface area (Å²) < 4.78 is 6.01. The van der Waals surface area contributed by atoms with Gasteiger partial charge >= 0.3 is 5.97 Å². The van der Waals surface area contributed by atoms with Gasteiger partial charge in [0.2, 0.25) is 0 Å². The summed E-state index contributed by atoms with van der Waals surface area (Å²) in [7, 11) is 0. The van der Waals surface area contributed by atoms with E-state index in [1.165, 1.54) is 69.4 Å². The van der Waals surface area contributed by atoms with Gasteiger partial charge in [0, 0.05) is 6.54 Å². The number of ether oxygens (including phenoxy) is 1. The van der Waals surface area contributed by atoms with Gasteiger partial charge in [0.05, 0.1) is 5.92 Å². The molecule has 1 heterocycles. The van der Waals surface area contributed by atoms with Gasteiger partial charge in [0.15, 0.2) is 5.78 Å². The van der Waals surface area contributed by atoms with Crippen molar-refractivity contribution in [2.24, 2.45) is 17.8 Å². The molecule has 5 nitrogen and oxygen atoms in total. The molecule has 3 fully saturated rings. The summed E-state index contributed by atoms with van der Waals surface area (Å²) in [6.45, 7) is 2.72. The topological polar surface area (TPSA) is 66.8 Å². The Bertz CT molecular complexity index is 844. The van der Waals surface area contributed by atoms with Crippen LogP contribution >= 0.6 is 0 Å². The highest BCUT2D eigenvalue weighted by atomic mass is 16.5. The van der Waals surface area contributed by atoms with Crippen LogP contribution in [0.5, 0.6) is 0 Å². The molecule has 1 N–H and O–H groups in total. The molecule has 1 atom stereocenters. The predicted molar refractivity (Wildman–Crippen MR) is 143 cm³/mol. The summed E-state index contributed by atoms with van der Waals surface area (Å²) in [5.41, 5.74) is 2.25. The van der Waals surface area contributed by atoms with E-state index in [-0.39, 0.29) is 23.8 Å². The van der Waals surface area contributed by atoms with E-state index < -0.39 is 6.61 Å². The lowest BCUT2D eigenvalue weighted by Gasteiger charge is -2.34. The molecule has 0 radical (unpaired) electrons. The SMILES string of the molecule is O=C(/C=C/c1ccc(CN2CCC(CC[C@H](C(=O)OC3CCCC3)C3CCCCC3)CC2)cc1)CO. The van der Waals surface area contributed by atoms with Crippen molar-refractivity contribution in [1.82, 2.24) is 4.90 Å². The zero-order valence-electron chi connectivity index (χ0n) is 21.9. The Hall–Kier alpha value is -1.98. The lowest BCUT2D eigenvalue weighted by Crippen LogP contribution is -2.34. The monoisotopic (exact) mass is 495 g/mol. The molecule has 1 aromatic rings. The minimum atomic E-state index is -0.448. The third kappa shape index (κ3) is 8.27. The van der Waals surface area contributed by atoms with Gasteiger partial charge in [-0.3, -0.25) is 14.5 Å². The number of carbonyl (C=O) groups is 2. The van der Waals surface area contributed by atoms with Crippen molar-refractivity contribution in [2.75, 3.05) is 19.7 Å². The van der Waals surface area contributed by atoms with Crippen LogP contribution in [0, 0.1) is 17.8 Å². The second-order valence-corrected chi connectivity index (χ2v) is 11.3. The van der Waals surface area contributed by atoms with Crippen LogP contribution in [0.25, 0.3) is 6.08 Å². The molecule has 1 aliphatic heterocycles. The van der Waals surface area contributed by atoms with Gasteiger partial charge in [-0.2, -0.15) is 0 Å². The van der Waals surface area contributed by atoms with E-state index in [1.54, 1.807) is 6.08 Å². The largest absolute Gasteiger partial charge is 0.462 e. The molecule has 2 aliphatic carbocycles. The fraction of sp³-hybridized carbons (Fsp3) is 0.677. The van der Waals surface area contributed by atoms with Gasteiger partial charge in [-0.1, -0.05) is 49.6 Å². The maximum absolute atomic E-state index is 13.2. The first-order valence-electron chi connectivity index (χ1n) is 14.4. The smallest absolute Gasteiger partial charge is 0.309 e. The maximum Gasteiger partial charge on any atom is 0.309 e. The normalized spacial score (nSPS) is 21.7. The van der Waals surface area contributed by atoms with Crippen LogP contribution in [-0.4, -0.2) is 47.6 Å². The molecule has 0 bridgehead atoms. The van der Waals surface area contributed by atoms with Crippen molar-refractivity contribution in [1.29, 1.82) is 0 Å². The molecule has 5 heteroatoms. The fourth-order valence-corrected chi connectivity index (χ4v) is 6.42. The summed E-state index contributed by atoms with van der Waals surface area (Å²) >= 11 is 0. The van der Waals surface area contributed by atoms with Crippen LogP contribution < -0.4 is 0 Å². The summed E-state index contributed by atoms with van der Waals surface area (Å²) in [4.78, 5) is 27.0. The van der Waals surface area contributed by atoms with E-state index in [0.717, 1.165) is 50.9 Å². The van der Waals surface area contributed by atoms with Gasteiger partial charge < -0.3 is 9.84 Å².